The van der Waals surface area contributed by atoms with Crippen molar-refractivity contribution in [1.82, 2.24) is 4.90 Å². The molecule has 1 heterocycles. The molecule has 20 heavy (non-hydrogen) atoms. The zero-order valence-corrected chi connectivity index (χ0v) is 12.8. The maximum Gasteiger partial charge on any atom is 0.241 e. The van der Waals surface area contributed by atoms with Crippen LogP contribution in [0.4, 0.5) is 11.4 Å². The summed E-state index contributed by atoms with van der Waals surface area (Å²) < 4.78 is 0. The lowest BCUT2D eigenvalue weighted by Gasteiger charge is -2.27. The van der Waals surface area contributed by atoms with Gasteiger partial charge in [-0.1, -0.05) is 13.0 Å². The smallest absolute Gasteiger partial charge is 0.241 e. The topological polar surface area (TPSA) is 35.6 Å². The molecular weight excluding hydrogens is 250 g/mol. The number of likely N-dealkylation sites (N-methyl/N-ethyl adjacent to an activating group) is 1. The lowest BCUT2D eigenvalue weighted by Crippen LogP contribution is -2.37. The Morgan fingerprint density at radius 3 is 2.85 bits per heavy atom. The van der Waals surface area contributed by atoms with E-state index >= 15 is 0 Å². The van der Waals surface area contributed by atoms with Crippen molar-refractivity contribution in [1.29, 1.82) is 0 Å². The highest BCUT2D eigenvalue weighted by atomic mass is 16.2. The number of nitrogens with zero attached hydrogens (tertiary/aromatic N) is 2. The molecule has 1 aliphatic heterocycles. The lowest BCUT2D eigenvalue weighted by atomic mass is 10.0. The van der Waals surface area contributed by atoms with Crippen molar-refractivity contribution in [2.75, 3.05) is 43.9 Å². The Bertz CT molecular complexity index is 471. The minimum absolute atomic E-state index is 0.143. The second-order valence-electron chi connectivity index (χ2n) is 5.58. The minimum atomic E-state index is 0.143. The van der Waals surface area contributed by atoms with Crippen LogP contribution in [0.1, 0.15) is 25.3 Å². The predicted molar refractivity (Wildman–Crippen MR) is 84.5 cm³/mol. The quantitative estimate of drug-likeness (QED) is 0.896. The molecule has 4 nitrogen and oxygen atoms in total. The molecule has 0 saturated heterocycles. The molecule has 0 bridgehead atoms. The van der Waals surface area contributed by atoms with E-state index in [9.17, 15) is 4.79 Å². The van der Waals surface area contributed by atoms with Crippen LogP contribution in [-0.4, -0.2) is 44.5 Å². The van der Waals surface area contributed by atoms with Crippen molar-refractivity contribution < 1.29 is 4.79 Å². The molecule has 0 radical (unpaired) electrons. The number of nitrogens with one attached hydrogen (secondary N) is 1. The van der Waals surface area contributed by atoms with Gasteiger partial charge in [-0.05, 0) is 37.0 Å². The van der Waals surface area contributed by atoms with Crippen molar-refractivity contribution in [2.45, 2.75) is 26.2 Å². The molecule has 0 fully saturated rings. The van der Waals surface area contributed by atoms with E-state index < -0.39 is 0 Å². The zero-order chi connectivity index (χ0) is 14.5. The van der Waals surface area contributed by atoms with Crippen LogP contribution in [0, 0.1) is 0 Å². The molecular formula is C16H25N3O. The molecule has 1 aromatic carbocycles. The average molecular weight is 275 g/mol. The van der Waals surface area contributed by atoms with Crippen LogP contribution in [0.15, 0.2) is 18.2 Å². The lowest BCUT2D eigenvalue weighted by molar-refractivity contribution is -0.127. The van der Waals surface area contributed by atoms with Gasteiger partial charge in [0.05, 0.1) is 6.54 Å². The number of amides is 1. The molecule has 2 rings (SSSR count). The zero-order valence-electron chi connectivity index (χ0n) is 12.8. The Balaban J connectivity index is 2.18. The predicted octanol–water partition coefficient (Wildman–Crippen LogP) is 2.35. The summed E-state index contributed by atoms with van der Waals surface area (Å²) in [4.78, 5) is 15.8. The Kier molecular flexibility index (Phi) is 4.88. The number of hydrogen-bond acceptors (Lipinski definition) is 3. The highest BCUT2D eigenvalue weighted by Crippen LogP contribution is 2.27. The number of aryl methyl sites for hydroxylation is 1. The molecule has 1 N–H and O–H groups in total. The van der Waals surface area contributed by atoms with Crippen LogP contribution >= 0.6 is 0 Å². The van der Waals surface area contributed by atoms with Crippen LogP contribution < -0.4 is 10.2 Å². The Morgan fingerprint density at radius 1 is 1.35 bits per heavy atom. The van der Waals surface area contributed by atoms with Gasteiger partial charge < -0.3 is 15.1 Å². The fraction of sp³-hybridized carbons (Fsp3) is 0.562. The molecule has 1 amide bonds. The molecule has 0 spiro atoms. The fourth-order valence-electron chi connectivity index (χ4n) is 2.52. The molecule has 0 aromatic heterocycles. The highest BCUT2D eigenvalue weighted by Gasteiger charge is 2.15. The molecule has 4 heteroatoms. The molecule has 0 unspecified atom stereocenters. The Morgan fingerprint density at radius 2 is 2.15 bits per heavy atom. The third kappa shape index (κ3) is 3.44. The fourth-order valence-corrected chi connectivity index (χ4v) is 2.52. The number of benzene rings is 1. The van der Waals surface area contributed by atoms with Gasteiger partial charge in [0.15, 0.2) is 0 Å². The van der Waals surface area contributed by atoms with E-state index in [1.807, 2.05) is 0 Å². The summed E-state index contributed by atoms with van der Waals surface area (Å²) in [5.41, 5.74) is 3.75. The van der Waals surface area contributed by atoms with E-state index in [0.717, 1.165) is 31.6 Å². The molecule has 0 saturated carbocycles. The van der Waals surface area contributed by atoms with Gasteiger partial charge in [0.1, 0.15) is 0 Å². The van der Waals surface area contributed by atoms with Gasteiger partial charge >= 0.3 is 0 Å². The van der Waals surface area contributed by atoms with Gasteiger partial charge in [-0.15, -0.1) is 0 Å². The average Bonchev–Trinajstić information content (AvgIpc) is 2.46. The van der Waals surface area contributed by atoms with Crippen LogP contribution in [0.3, 0.4) is 0 Å². The molecule has 0 atom stereocenters. The summed E-state index contributed by atoms with van der Waals surface area (Å²) in [7, 11) is 3.61. The number of hydrogen-bond donors (Lipinski definition) is 1. The van der Waals surface area contributed by atoms with Crippen LogP contribution in [0.5, 0.6) is 0 Å². The second-order valence-corrected chi connectivity index (χ2v) is 5.58. The van der Waals surface area contributed by atoms with E-state index in [-0.39, 0.29) is 5.91 Å². The first-order valence-electron chi connectivity index (χ1n) is 7.43. The van der Waals surface area contributed by atoms with Crippen LogP contribution in [0.2, 0.25) is 0 Å². The van der Waals surface area contributed by atoms with Gasteiger partial charge in [0.2, 0.25) is 5.91 Å². The van der Waals surface area contributed by atoms with E-state index in [0.29, 0.717) is 6.54 Å². The van der Waals surface area contributed by atoms with E-state index in [1.54, 1.807) is 19.0 Å². The summed E-state index contributed by atoms with van der Waals surface area (Å²) in [5.74, 6) is 0.143. The normalized spacial score (nSPS) is 13.3. The molecule has 110 valence electrons. The van der Waals surface area contributed by atoms with Crippen LogP contribution in [-0.2, 0) is 11.2 Å². The number of fused-ring (bicyclic) bond motifs is 1. The Labute approximate surface area is 121 Å². The van der Waals surface area contributed by atoms with E-state index in [4.69, 9.17) is 0 Å². The number of carbonyl (C=O) groups excluding carboxylic acids is 1. The van der Waals surface area contributed by atoms with Gasteiger partial charge in [-0.2, -0.15) is 0 Å². The van der Waals surface area contributed by atoms with Crippen molar-refractivity contribution in [3.05, 3.63) is 23.8 Å². The van der Waals surface area contributed by atoms with Crippen molar-refractivity contribution >= 4 is 17.3 Å². The summed E-state index contributed by atoms with van der Waals surface area (Å²) >= 11 is 0. The largest absolute Gasteiger partial charge is 0.385 e. The third-order valence-corrected chi connectivity index (χ3v) is 3.72. The first-order valence-corrected chi connectivity index (χ1v) is 7.43. The van der Waals surface area contributed by atoms with Gasteiger partial charge in [0, 0.05) is 38.6 Å². The summed E-state index contributed by atoms with van der Waals surface area (Å²) in [6.45, 7) is 4.53. The maximum atomic E-state index is 12.0. The van der Waals surface area contributed by atoms with E-state index in [1.165, 1.54) is 17.7 Å². The molecule has 1 aliphatic rings. The molecule has 0 aliphatic carbocycles. The number of rotatable bonds is 5. The standard InChI is InChI=1S/C16H25N3O/c1-4-10-19(12-16(20)18(2)3)14-8-7-13-6-5-9-17-15(13)11-14/h7-8,11,17H,4-6,9-10,12H2,1-3H3. The molecule has 1 aromatic rings. The summed E-state index contributed by atoms with van der Waals surface area (Å²) in [6, 6.07) is 6.52. The van der Waals surface area contributed by atoms with Crippen LogP contribution in [0.25, 0.3) is 0 Å². The van der Waals surface area contributed by atoms with Crippen molar-refractivity contribution in [2.24, 2.45) is 0 Å². The summed E-state index contributed by atoms with van der Waals surface area (Å²) in [5, 5.41) is 3.45. The van der Waals surface area contributed by atoms with Gasteiger partial charge in [-0.25, -0.2) is 0 Å². The van der Waals surface area contributed by atoms with Crippen molar-refractivity contribution in [3.8, 4) is 0 Å². The van der Waals surface area contributed by atoms with Crippen molar-refractivity contribution in [3.63, 3.8) is 0 Å². The first-order chi connectivity index (χ1) is 9.61. The first kappa shape index (κ1) is 14.7. The summed E-state index contributed by atoms with van der Waals surface area (Å²) in [6.07, 6.45) is 3.38. The Hall–Kier alpha value is -1.71. The van der Waals surface area contributed by atoms with Gasteiger partial charge in [0.25, 0.3) is 0 Å². The van der Waals surface area contributed by atoms with E-state index in [2.05, 4.69) is 35.3 Å². The monoisotopic (exact) mass is 275 g/mol. The number of anilines is 2. The highest BCUT2D eigenvalue weighted by molar-refractivity contribution is 5.81. The minimum Gasteiger partial charge on any atom is -0.385 e. The third-order valence-electron chi connectivity index (χ3n) is 3.72. The number of carbonyl (C=O) groups is 1. The van der Waals surface area contributed by atoms with Gasteiger partial charge in [-0.3, -0.25) is 4.79 Å². The SMILES string of the molecule is CCCN(CC(=O)N(C)C)c1ccc2c(c1)NCCC2. The maximum absolute atomic E-state index is 12.0. The second kappa shape index (κ2) is 6.64.